The summed E-state index contributed by atoms with van der Waals surface area (Å²) in [5, 5.41) is 3.52. The minimum atomic E-state index is 0.358. The van der Waals surface area contributed by atoms with Crippen LogP contribution >= 0.6 is 0 Å². The predicted octanol–water partition coefficient (Wildman–Crippen LogP) is 2.75. The molecule has 0 aliphatic heterocycles. The summed E-state index contributed by atoms with van der Waals surface area (Å²) in [6, 6.07) is 10.8. The van der Waals surface area contributed by atoms with Gasteiger partial charge in [-0.25, -0.2) is 4.98 Å². The van der Waals surface area contributed by atoms with Crippen molar-refractivity contribution in [3.8, 4) is 0 Å². The van der Waals surface area contributed by atoms with Crippen LogP contribution in [0.5, 0.6) is 0 Å². The molecule has 0 saturated heterocycles. The SMILES string of the molecule is CCn1cncc1CNC(C)c1ccccc1. The molecule has 0 bridgehead atoms. The second-order valence-corrected chi connectivity index (χ2v) is 4.18. The van der Waals surface area contributed by atoms with E-state index in [1.54, 1.807) is 0 Å². The zero-order valence-corrected chi connectivity index (χ0v) is 10.4. The van der Waals surface area contributed by atoms with Gasteiger partial charge in [-0.05, 0) is 19.4 Å². The van der Waals surface area contributed by atoms with Gasteiger partial charge in [0.2, 0.25) is 0 Å². The number of nitrogens with zero attached hydrogens (tertiary/aromatic N) is 2. The Morgan fingerprint density at radius 3 is 2.76 bits per heavy atom. The Morgan fingerprint density at radius 2 is 2.06 bits per heavy atom. The highest BCUT2D eigenvalue weighted by Crippen LogP contribution is 2.12. The summed E-state index contributed by atoms with van der Waals surface area (Å²) in [7, 11) is 0. The van der Waals surface area contributed by atoms with Crippen LogP contribution in [0.3, 0.4) is 0 Å². The Balaban J connectivity index is 1.95. The molecule has 1 aromatic heterocycles. The maximum absolute atomic E-state index is 4.17. The molecule has 2 aromatic rings. The molecule has 3 heteroatoms. The van der Waals surface area contributed by atoms with Gasteiger partial charge in [0.05, 0.1) is 12.0 Å². The summed E-state index contributed by atoms with van der Waals surface area (Å²) in [5.74, 6) is 0. The van der Waals surface area contributed by atoms with Gasteiger partial charge in [-0.3, -0.25) is 0 Å². The molecular formula is C14H19N3. The molecule has 0 fully saturated rings. The minimum Gasteiger partial charge on any atom is -0.334 e. The third kappa shape index (κ3) is 2.94. The van der Waals surface area contributed by atoms with Crippen molar-refractivity contribution in [3.05, 3.63) is 54.1 Å². The topological polar surface area (TPSA) is 29.9 Å². The van der Waals surface area contributed by atoms with Crippen molar-refractivity contribution < 1.29 is 0 Å². The van der Waals surface area contributed by atoms with Gasteiger partial charge >= 0.3 is 0 Å². The van der Waals surface area contributed by atoms with E-state index in [0.717, 1.165) is 13.1 Å². The first-order valence-corrected chi connectivity index (χ1v) is 6.08. The molecule has 2 rings (SSSR count). The van der Waals surface area contributed by atoms with Crippen molar-refractivity contribution in [1.82, 2.24) is 14.9 Å². The van der Waals surface area contributed by atoms with E-state index < -0.39 is 0 Å². The molecule has 3 nitrogen and oxygen atoms in total. The summed E-state index contributed by atoms with van der Waals surface area (Å²) in [6.45, 7) is 6.13. The molecule has 1 unspecified atom stereocenters. The Hall–Kier alpha value is -1.61. The Kier molecular flexibility index (Phi) is 3.94. The highest BCUT2D eigenvalue weighted by atomic mass is 15.1. The van der Waals surface area contributed by atoms with E-state index in [-0.39, 0.29) is 0 Å². The maximum atomic E-state index is 4.17. The first kappa shape index (κ1) is 11.9. The van der Waals surface area contributed by atoms with Crippen LogP contribution in [0.25, 0.3) is 0 Å². The van der Waals surface area contributed by atoms with Crippen molar-refractivity contribution >= 4 is 0 Å². The van der Waals surface area contributed by atoms with E-state index >= 15 is 0 Å². The van der Waals surface area contributed by atoms with Crippen molar-refractivity contribution in [1.29, 1.82) is 0 Å². The molecule has 0 radical (unpaired) electrons. The van der Waals surface area contributed by atoms with Gasteiger partial charge in [0.25, 0.3) is 0 Å². The van der Waals surface area contributed by atoms with Gasteiger partial charge in [0.1, 0.15) is 0 Å². The highest BCUT2D eigenvalue weighted by Gasteiger charge is 2.05. The fraction of sp³-hybridized carbons (Fsp3) is 0.357. The average molecular weight is 229 g/mol. The fourth-order valence-electron chi connectivity index (χ4n) is 1.90. The average Bonchev–Trinajstić information content (AvgIpc) is 2.84. The molecule has 0 amide bonds. The molecule has 1 atom stereocenters. The molecule has 1 aromatic carbocycles. The molecule has 90 valence electrons. The lowest BCUT2D eigenvalue weighted by Gasteiger charge is -2.14. The van der Waals surface area contributed by atoms with E-state index in [1.165, 1.54) is 11.3 Å². The zero-order chi connectivity index (χ0) is 12.1. The smallest absolute Gasteiger partial charge is 0.0948 e. The Labute approximate surface area is 103 Å². The quantitative estimate of drug-likeness (QED) is 0.854. The minimum absolute atomic E-state index is 0.358. The van der Waals surface area contributed by atoms with E-state index in [0.29, 0.717) is 6.04 Å². The lowest BCUT2D eigenvalue weighted by molar-refractivity contribution is 0.549. The number of aryl methyl sites for hydroxylation is 1. The normalized spacial score (nSPS) is 12.6. The summed E-state index contributed by atoms with van der Waals surface area (Å²) in [5.41, 5.74) is 2.55. The van der Waals surface area contributed by atoms with Crippen LogP contribution in [0.1, 0.15) is 31.1 Å². The monoisotopic (exact) mass is 229 g/mol. The molecule has 0 saturated carbocycles. The Morgan fingerprint density at radius 1 is 1.29 bits per heavy atom. The van der Waals surface area contributed by atoms with E-state index in [9.17, 15) is 0 Å². The van der Waals surface area contributed by atoms with Gasteiger partial charge in [-0.15, -0.1) is 0 Å². The van der Waals surface area contributed by atoms with Gasteiger partial charge in [0, 0.05) is 25.3 Å². The van der Waals surface area contributed by atoms with E-state index in [2.05, 4.69) is 53.0 Å². The molecule has 0 aliphatic carbocycles. The van der Waals surface area contributed by atoms with E-state index in [4.69, 9.17) is 0 Å². The summed E-state index contributed by atoms with van der Waals surface area (Å²) in [4.78, 5) is 4.17. The Bertz CT molecular complexity index is 448. The first-order chi connectivity index (χ1) is 8.31. The molecule has 0 spiro atoms. The van der Waals surface area contributed by atoms with Crippen molar-refractivity contribution in [3.63, 3.8) is 0 Å². The van der Waals surface area contributed by atoms with Crippen molar-refractivity contribution in [2.24, 2.45) is 0 Å². The third-order valence-corrected chi connectivity index (χ3v) is 3.03. The number of nitrogens with one attached hydrogen (secondary N) is 1. The van der Waals surface area contributed by atoms with Crippen LogP contribution in [-0.4, -0.2) is 9.55 Å². The van der Waals surface area contributed by atoms with E-state index in [1.807, 2.05) is 18.6 Å². The third-order valence-electron chi connectivity index (χ3n) is 3.03. The van der Waals surface area contributed by atoms with Gasteiger partial charge < -0.3 is 9.88 Å². The molecule has 1 heterocycles. The van der Waals surface area contributed by atoms with Gasteiger partial charge in [-0.1, -0.05) is 30.3 Å². The fourth-order valence-corrected chi connectivity index (χ4v) is 1.90. The number of benzene rings is 1. The number of imidazole rings is 1. The van der Waals surface area contributed by atoms with Crippen LogP contribution in [-0.2, 0) is 13.1 Å². The van der Waals surface area contributed by atoms with Gasteiger partial charge in [0.15, 0.2) is 0 Å². The molecule has 1 N–H and O–H groups in total. The van der Waals surface area contributed by atoms with Crippen LogP contribution in [0.15, 0.2) is 42.9 Å². The maximum Gasteiger partial charge on any atom is 0.0948 e. The van der Waals surface area contributed by atoms with Crippen LogP contribution in [0.2, 0.25) is 0 Å². The predicted molar refractivity (Wildman–Crippen MR) is 69.6 cm³/mol. The first-order valence-electron chi connectivity index (χ1n) is 6.08. The van der Waals surface area contributed by atoms with Crippen LogP contribution in [0, 0.1) is 0 Å². The van der Waals surface area contributed by atoms with Crippen molar-refractivity contribution in [2.75, 3.05) is 0 Å². The number of hydrogen-bond donors (Lipinski definition) is 1. The molecule has 17 heavy (non-hydrogen) atoms. The number of rotatable bonds is 5. The summed E-state index contributed by atoms with van der Waals surface area (Å²) >= 11 is 0. The van der Waals surface area contributed by atoms with Gasteiger partial charge in [-0.2, -0.15) is 0 Å². The lowest BCUT2D eigenvalue weighted by Crippen LogP contribution is -2.19. The van der Waals surface area contributed by atoms with Crippen molar-refractivity contribution in [2.45, 2.75) is 33.0 Å². The number of hydrogen-bond acceptors (Lipinski definition) is 2. The van der Waals surface area contributed by atoms with Crippen LogP contribution in [0.4, 0.5) is 0 Å². The largest absolute Gasteiger partial charge is 0.334 e. The second kappa shape index (κ2) is 5.64. The summed E-state index contributed by atoms with van der Waals surface area (Å²) in [6.07, 6.45) is 3.80. The van der Waals surface area contributed by atoms with Crippen LogP contribution < -0.4 is 5.32 Å². The second-order valence-electron chi connectivity index (χ2n) is 4.18. The zero-order valence-electron chi connectivity index (χ0n) is 10.4. The molecular weight excluding hydrogens is 210 g/mol. The summed E-state index contributed by atoms with van der Waals surface area (Å²) < 4.78 is 2.16. The molecule has 0 aliphatic rings. The lowest BCUT2D eigenvalue weighted by atomic mass is 10.1. The highest BCUT2D eigenvalue weighted by molar-refractivity contribution is 5.18. The number of aromatic nitrogens is 2. The standard InChI is InChI=1S/C14H19N3/c1-3-17-11-15-9-14(17)10-16-12(2)13-7-5-4-6-8-13/h4-9,11-12,16H,3,10H2,1-2H3.